The van der Waals surface area contributed by atoms with Crippen LogP contribution in [0, 0.1) is 0 Å². The Kier molecular flexibility index (Phi) is 4.74. The van der Waals surface area contributed by atoms with Gasteiger partial charge >= 0.3 is 0 Å². The second-order valence-electron chi connectivity index (χ2n) is 3.58. The van der Waals surface area contributed by atoms with Gasteiger partial charge in [0.25, 0.3) is 0 Å². The lowest BCUT2D eigenvalue weighted by atomic mass is 10.3. The second-order valence-corrected chi connectivity index (χ2v) is 5.59. The summed E-state index contributed by atoms with van der Waals surface area (Å²) in [4.78, 5) is 6.24. The number of hydrogen-bond donors (Lipinski definition) is 1. The first-order valence-electron chi connectivity index (χ1n) is 5.73. The molecule has 1 N–H and O–H groups in total. The Labute approximate surface area is 103 Å². The van der Waals surface area contributed by atoms with Crippen molar-refractivity contribution in [2.45, 2.75) is 20.8 Å². The predicted molar refractivity (Wildman–Crippen MR) is 70.9 cm³/mol. The molecule has 17 heavy (non-hydrogen) atoms. The van der Waals surface area contributed by atoms with E-state index in [1.54, 1.807) is 19.2 Å². The molecule has 1 aromatic heterocycles. The third-order valence-corrected chi connectivity index (χ3v) is 3.80. The number of hydrogen-bond acceptors (Lipinski definition) is 4. The summed E-state index contributed by atoms with van der Waals surface area (Å²) >= 11 is 0. The molecule has 0 aliphatic heterocycles. The smallest absolute Gasteiger partial charge is 0.233 e. The minimum absolute atomic E-state index is 0.0481. The van der Waals surface area contributed by atoms with E-state index in [9.17, 15) is 8.42 Å². The van der Waals surface area contributed by atoms with E-state index in [0.29, 0.717) is 5.82 Å². The van der Waals surface area contributed by atoms with Gasteiger partial charge in [0, 0.05) is 13.1 Å². The number of anilines is 2. The van der Waals surface area contributed by atoms with Crippen molar-refractivity contribution >= 4 is 21.5 Å². The zero-order valence-electron chi connectivity index (χ0n) is 10.5. The summed E-state index contributed by atoms with van der Waals surface area (Å²) in [6.45, 7) is 7.53. The van der Waals surface area contributed by atoms with Crippen LogP contribution < -0.4 is 9.62 Å². The van der Waals surface area contributed by atoms with Gasteiger partial charge < -0.3 is 4.90 Å². The fourth-order valence-electron chi connectivity index (χ4n) is 1.45. The third kappa shape index (κ3) is 3.89. The van der Waals surface area contributed by atoms with Crippen LogP contribution in [-0.4, -0.2) is 32.2 Å². The van der Waals surface area contributed by atoms with Crippen LogP contribution in [0.2, 0.25) is 0 Å². The molecule has 0 aliphatic carbocycles. The molecule has 1 heterocycles. The standard InChI is InChI=1S/C11H19N3O2S/c1-4-14(5-2)10-7-8-11(12-9-10)13-17(15,16)6-3/h7-9H,4-6H2,1-3H3,(H,12,13). The highest BCUT2D eigenvalue weighted by atomic mass is 32.2. The van der Waals surface area contributed by atoms with Gasteiger partial charge in [0.05, 0.1) is 17.6 Å². The monoisotopic (exact) mass is 257 g/mol. The highest BCUT2D eigenvalue weighted by Crippen LogP contribution is 2.15. The van der Waals surface area contributed by atoms with E-state index >= 15 is 0 Å². The Hall–Kier alpha value is -1.30. The van der Waals surface area contributed by atoms with E-state index in [-0.39, 0.29) is 5.75 Å². The van der Waals surface area contributed by atoms with Gasteiger partial charge in [-0.3, -0.25) is 4.72 Å². The minimum atomic E-state index is -3.24. The van der Waals surface area contributed by atoms with Crippen molar-refractivity contribution in [1.29, 1.82) is 0 Å². The van der Waals surface area contributed by atoms with Crippen molar-refractivity contribution in [3.63, 3.8) is 0 Å². The molecular weight excluding hydrogens is 238 g/mol. The molecule has 5 nitrogen and oxygen atoms in total. The fourth-order valence-corrected chi connectivity index (χ4v) is 2.04. The van der Waals surface area contributed by atoms with E-state index in [2.05, 4.69) is 28.5 Å². The van der Waals surface area contributed by atoms with Gasteiger partial charge in [0.1, 0.15) is 5.82 Å². The van der Waals surface area contributed by atoms with Crippen molar-refractivity contribution in [3.05, 3.63) is 18.3 Å². The molecule has 6 heteroatoms. The van der Waals surface area contributed by atoms with E-state index in [1.165, 1.54) is 0 Å². The number of sulfonamides is 1. The number of pyridine rings is 1. The maximum atomic E-state index is 11.3. The van der Waals surface area contributed by atoms with E-state index in [4.69, 9.17) is 0 Å². The largest absolute Gasteiger partial charge is 0.371 e. The second kappa shape index (κ2) is 5.86. The topological polar surface area (TPSA) is 62.3 Å². The predicted octanol–water partition coefficient (Wildman–Crippen LogP) is 1.69. The van der Waals surface area contributed by atoms with Crippen molar-refractivity contribution in [3.8, 4) is 0 Å². The average molecular weight is 257 g/mol. The Morgan fingerprint density at radius 3 is 2.29 bits per heavy atom. The molecule has 0 radical (unpaired) electrons. The summed E-state index contributed by atoms with van der Waals surface area (Å²) in [5.74, 6) is 0.412. The van der Waals surface area contributed by atoms with Crippen molar-refractivity contribution in [1.82, 2.24) is 4.98 Å². The Bertz CT molecular complexity index is 438. The van der Waals surface area contributed by atoms with Crippen molar-refractivity contribution in [2.24, 2.45) is 0 Å². The summed E-state index contributed by atoms with van der Waals surface area (Å²) in [6, 6.07) is 3.55. The Morgan fingerprint density at radius 1 is 1.24 bits per heavy atom. The van der Waals surface area contributed by atoms with Gasteiger partial charge in [0.2, 0.25) is 10.0 Å². The number of nitrogens with one attached hydrogen (secondary N) is 1. The highest BCUT2D eigenvalue weighted by molar-refractivity contribution is 7.92. The zero-order valence-corrected chi connectivity index (χ0v) is 11.3. The first kappa shape index (κ1) is 13.8. The van der Waals surface area contributed by atoms with E-state index < -0.39 is 10.0 Å². The summed E-state index contributed by atoms with van der Waals surface area (Å²) in [6.07, 6.45) is 1.68. The number of nitrogens with zero attached hydrogens (tertiary/aromatic N) is 2. The molecule has 0 fully saturated rings. The zero-order chi connectivity index (χ0) is 12.9. The fraction of sp³-hybridized carbons (Fsp3) is 0.545. The maximum absolute atomic E-state index is 11.3. The molecule has 1 aromatic rings. The van der Waals surface area contributed by atoms with Gasteiger partial charge in [-0.25, -0.2) is 13.4 Å². The SMILES string of the molecule is CCN(CC)c1ccc(NS(=O)(=O)CC)nc1. The lowest BCUT2D eigenvalue weighted by Gasteiger charge is -2.20. The molecule has 0 bridgehead atoms. The summed E-state index contributed by atoms with van der Waals surface area (Å²) < 4.78 is 25.1. The van der Waals surface area contributed by atoms with Gasteiger partial charge in [-0.05, 0) is 32.9 Å². The van der Waals surface area contributed by atoms with Gasteiger partial charge in [-0.15, -0.1) is 0 Å². The van der Waals surface area contributed by atoms with Crippen LogP contribution in [0.3, 0.4) is 0 Å². The Balaban J connectivity index is 2.81. The molecule has 0 amide bonds. The van der Waals surface area contributed by atoms with Crippen LogP contribution in [0.15, 0.2) is 18.3 Å². The first-order chi connectivity index (χ1) is 8.02. The van der Waals surface area contributed by atoms with Gasteiger partial charge in [-0.2, -0.15) is 0 Å². The molecule has 0 unspecified atom stereocenters. The quantitative estimate of drug-likeness (QED) is 0.842. The van der Waals surface area contributed by atoms with Crippen LogP contribution in [0.1, 0.15) is 20.8 Å². The average Bonchev–Trinajstić information content (AvgIpc) is 2.32. The highest BCUT2D eigenvalue weighted by Gasteiger charge is 2.08. The number of rotatable bonds is 6. The molecule has 0 aromatic carbocycles. The summed E-state index contributed by atoms with van der Waals surface area (Å²) in [5, 5.41) is 0. The van der Waals surface area contributed by atoms with Gasteiger partial charge in [-0.1, -0.05) is 0 Å². The molecule has 1 rings (SSSR count). The van der Waals surface area contributed by atoms with Crippen LogP contribution in [0.4, 0.5) is 11.5 Å². The molecule has 0 spiro atoms. The lowest BCUT2D eigenvalue weighted by Crippen LogP contribution is -2.22. The molecule has 0 saturated heterocycles. The van der Waals surface area contributed by atoms with E-state index in [1.807, 2.05) is 6.07 Å². The maximum Gasteiger partial charge on any atom is 0.233 e. The summed E-state index contributed by atoms with van der Waals surface area (Å²) in [5.41, 5.74) is 0.995. The first-order valence-corrected chi connectivity index (χ1v) is 7.39. The van der Waals surface area contributed by atoms with Crippen LogP contribution in [0.5, 0.6) is 0 Å². The minimum Gasteiger partial charge on any atom is -0.371 e. The Morgan fingerprint density at radius 2 is 1.88 bits per heavy atom. The molecular formula is C11H19N3O2S. The van der Waals surface area contributed by atoms with Crippen LogP contribution >= 0.6 is 0 Å². The molecule has 0 saturated carbocycles. The van der Waals surface area contributed by atoms with E-state index in [0.717, 1.165) is 18.8 Å². The number of aromatic nitrogens is 1. The van der Waals surface area contributed by atoms with Crippen molar-refractivity contribution in [2.75, 3.05) is 28.5 Å². The lowest BCUT2D eigenvalue weighted by molar-refractivity contribution is 0.602. The molecule has 0 atom stereocenters. The van der Waals surface area contributed by atoms with Gasteiger partial charge in [0.15, 0.2) is 0 Å². The molecule has 96 valence electrons. The summed E-state index contributed by atoms with van der Waals surface area (Å²) in [7, 11) is -3.24. The van der Waals surface area contributed by atoms with Crippen LogP contribution in [0.25, 0.3) is 0 Å². The normalized spacial score (nSPS) is 11.2. The van der Waals surface area contributed by atoms with Crippen molar-refractivity contribution < 1.29 is 8.42 Å². The molecule has 0 aliphatic rings. The van der Waals surface area contributed by atoms with Crippen LogP contribution in [-0.2, 0) is 10.0 Å². The third-order valence-electron chi connectivity index (χ3n) is 2.52.